The van der Waals surface area contributed by atoms with E-state index in [2.05, 4.69) is 15.9 Å². The quantitative estimate of drug-likeness (QED) is 0.360. The number of hydrogen-bond donors (Lipinski definition) is 0. The van der Waals surface area contributed by atoms with Crippen LogP contribution in [-0.2, 0) is 14.8 Å². The van der Waals surface area contributed by atoms with E-state index in [0.29, 0.717) is 5.75 Å². The average molecular weight is 530 g/mol. The van der Waals surface area contributed by atoms with Crippen LogP contribution in [-0.4, -0.2) is 20.9 Å². The van der Waals surface area contributed by atoms with Gasteiger partial charge in [-0.1, -0.05) is 65.2 Å². The standard InChI is InChI=1S/C26H28BrNO4S/c1-17(2)23-15-24(27)20(5)14-25(23)32-16-26(29)28(21-10-6-18(3)7-11-21)33(30,31)22-12-8-19(4)9-13-22/h6-15,17H,16H2,1-5H3. The van der Waals surface area contributed by atoms with E-state index in [0.717, 1.165) is 31.0 Å². The third-order valence-electron chi connectivity index (χ3n) is 5.32. The number of halogens is 1. The van der Waals surface area contributed by atoms with Gasteiger partial charge in [0.2, 0.25) is 0 Å². The Labute approximate surface area is 204 Å². The summed E-state index contributed by atoms with van der Waals surface area (Å²) in [5, 5.41) is 0. The zero-order valence-corrected chi connectivity index (χ0v) is 21.8. The van der Waals surface area contributed by atoms with Gasteiger partial charge in [0.25, 0.3) is 15.9 Å². The number of nitrogens with zero attached hydrogens (tertiary/aromatic N) is 1. The van der Waals surface area contributed by atoms with Gasteiger partial charge in [0.15, 0.2) is 6.61 Å². The highest BCUT2D eigenvalue weighted by Crippen LogP contribution is 2.32. The van der Waals surface area contributed by atoms with E-state index in [9.17, 15) is 13.2 Å². The van der Waals surface area contributed by atoms with Crippen LogP contribution in [0.5, 0.6) is 5.75 Å². The normalized spacial score (nSPS) is 11.5. The van der Waals surface area contributed by atoms with Crippen LogP contribution < -0.4 is 9.04 Å². The van der Waals surface area contributed by atoms with Crippen molar-refractivity contribution in [3.8, 4) is 5.75 Å². The molecule has 0 saturated heterocycles. The molecule has 0 atom stereocenters. The van der Waals surface area contributed by atoms with Gasteiger partial charge < -0.3 is 4.74 Å². The molecule has 0 aromatic heterocycles. The van der Waals surface area contributed by atoms with Crippen LogP contribution in [0.3, 0.4) is 0 Å². The SMILES string of the molecule is Cc1ccc(N(C(=O)COc2cc(C)c(Br)cc2C(C)C)S(=O)(=O)c2ccc(C)cc2)cc1. The van der Waals surface area contributed by atoms with Gasteiger partial charge in [-0.05, 0) is 74.2 Å². The van der Waals surface area contributed by atoms with Gasteiger partial charge in [-0.15, -0.1) is 0 Å². The average Bonchev–Trinajstić information content (AvgIpc) is 2.75. The number of hydrogen-bond acceptors (Lipinski definition) is 4. The van der Waals surface area contributed by atoms with E-state index in [1.54, 1.807) is 36.4 Å². The van der Waals surface area contributed by atoms with Crippen molar-refractivity contribution >= 4 is 37.5 Å². The van der Waals surface area contributed by atoms with Crippen LogP contribution in [0.25, 0.3) is 0 Å². The Balaban J connectivity index is 1.98. The number of amides is 1. The van der Waals surface area contributed by atoms with E-state index in [1.165, 1.54) is 12.1 Å². The minimum absolute atomic E-state index is 0.0457. The molecule has 1 amide bonds. The fraction of sp³-hybridized carbons (Fsp3) is 0.269. The van der Waals surface area contributed by atoms with E-state index < -0.39 is 22.5 Å². The van der Waals surface area contributed by atoms with Crippen molar-refractivity contribution in [3.63, 3.8) is 0 Å². The maximum Gasteiger partial charge on any atom is 0.278 e. The lowest BCUT2D eigenvalue weighted by molar-refractivity contribution is -0.119. The van der Waals surface area contributed by atoms with E-state index in [-0.39, 0.29) is 16.5 Å². The molecule has 0 aliphatic heterocycles. The lowest BCUT2D eigenvalue weighted by Gasteiger charge is -2.24. The van der Waals surface area contributed by atoms with Crippen LogP contribution in [0.2, 0.25) is 0 Å². The highest BCUT2D eigenvalue weighted by atomic mass is 79.9. The van der Waals surface area contributed by atoms with Gasteiger partial charge in [-0.25, -0.2) is 8.42 Å². The predicted molar refractivity (Wildman–Crippen MR) is 135 cm³/mol. The number of benzene rings is 3. The van der Waals surface area contributed by atoms with Crippen LogP contribution >= 0.6 is 15.9 Å². The van der Waals surface area contributed by atoms with Crippen molar-refractivity contribution in [3.05, 3.63) is 87.4 Å². The number of rotatable bonds is 7. The molecule has 0 unspecified atom stereocenters. The Hall–Kier alpha value is -2.64. The molecule has 0 saturated carbocycles. The summed E-state index contributed by atoms with van der Waals surface area (Å²) in [7, 11) is -4.13. The number of sulfonamides is 1. The van der Waals surface area contributed by atoms with E-state index in [4.69, 9.17) is 4.74 Å². The molecule has 0 fully saturated rings. The molecule has 174 valence electrons. The number of aryl methyl sites for hydroxylation is 3. The Morgan fingerprint density at radius 2 is 1.48 bits per heavy atom. The minimum atomic E-state index is -4.13. The fourth-order valence-corrected chi connectivity index (χ4v) is 5.13. The highest BCUT2D eigenvalue weighted by Gasteiger charge is 2.31. The molecule has 0 bridgehead atoms. The highest BCUT2D eigenvalue weighted by molar-refractivity contribution is 9.10. The molecule has 0 aliphatic rings. The first kappa shape index (κ1) is 25.0. The first-order valence-electron chi connectivity index (χ1n) is 10.6. The third-order valence-corrected chi connectivity index (χ3v) is 7.94. The number of carbonyl (C=O) groups excluding carboxylic acids is 1. The van der Waals surface area contributed by atoms with Crippen LogP contribution in [0, 0.1) is 20.8 Å². The second kappa shape index (κ2) is 10.1. The molecule has 0 aliphatic carbocycles. The lowest BCUT2D eigenvalue weighted by atomic mass is 10.0. The summed E-state index contributed by atoms with van der Waals surface area (Å²) in [5.74, 6) is 0.0573. The molecule has 33 heavy (non-hydrogen) atoms. The van der Waals surface area contributed by atoms with Crippen molar-refractivity contribution in [1.29, 1.82) is 0 Å². The first-order chi connectivity index (χ1) is 15.5. The Morgan fingerprint density at radius 3 is 2.03 bits per heavy atom. The van der Waals surface area contributed by atoms with Crippen molar-refractivity contribution in [2.24, 2.45) is 0 Å². The number of ether oxygens (including phenoxy) is 1. The maximum absolute atomic E-state index is 13.5. The number of carbonyl (C=O) groups is 1. The van der Waals surface area contributed by atoms with Gasteiger partial charge in [-0.2, -0.15) is 4.31 Å². The van der Waals surface area contributed by atoms with Gasteiger partial charge >= 0.3 is 0 Å². The molecule has 3 aromatic rings. The monoisotopic (exact) mass is 529 g/mol. The van der Waals surface area contributed by atoms with Gasteiger partial charge in [-0.3, -0.25) is 4.79 Å². The lowest BCUT2D eigenvalue weighted by Crippen LogP contribution is -2.40. The summed E-state index contributed by atoms with van der Waals surface area (Å²) in [6.45, 7) is 9.36. The second-order valence-electron chi connectivity index (χ2n) is 8.39. The summed E-state index contributed by atoms with van der Waals surface area (Å²) in [6.07, 6.45) is 0. The maximum atomic E-state index is 13.5. The Kier molecular flexibility index (Phi) is 7.65. The smallest absolute Gasteiger partial charge is 0.278 e. The molecular formula is C26H28BrNO4S. The van der Waals surface area contributed by atoms with Gasteiger partial charge in [0.1, 0.15) is 5.75 Å². The Bertz CT molecular complexity index is 1250. The summed E-state index contributed by atoms with van der Waals surface area (Å²) in [4.78, 5) is 13.4. The minimum Gasteiger partial charge on any atom is -0.483 e. The van der Waals surface area contributed by atoms with Crippen LogP contribution in [0.1, 0.15) is 42.0 Å². The molecule has 0 N–H and O–H groups in total. The second-order valence-corrected chi connectivity index (χ2v) is 11.0. The fourth-order valence-electron chi connectivity index (χ4n) is 3.36. The van der Waals surface area contributed by atoms with E-state index in [1.807, 2.05) is 46.8 Å². The van der Waals surface area contributed by atoms with Crippen molar-refractivity contribution in [2.45, 2.75) is 45.4 Å². The van der Waals surface area contributed by atoms with Crippen molar-refractivity contribution < 1.29 is 17.9 Å². The zero-order chi connectivity index (χ0) is 24.3. The largest absolute Gasteiger partial charge is 0.483 e. The van der Waals surface area contributed by atoms with Gasteiger partial charge in [0.05, 0.1) is 10.6 Å². The first-order valence-corrected chi connectivity index (χ1v) is 12.9. The van der Waals surface area contributed by atoms with Crippen LogP contribution in [0.15, 0.2) is 70.0 Å². The summed E-state index contributed by atoms with van der Waals surface area (Å²) >= 11 is 3.54. The summed E-state index contributed by atoms with van der Waals surface area (Å²) in [6, 6.07) is 17.1. The molecule has 3 aromatic carbocycles. The molecule has 3 rings (SSSR count). The summed E-state index contributed by atoms with van der Waals surface area (Å²) < 4.78 is 34.7. The molecule has 0 radical (unpaired) electrons. The topological polar surface area (TPSA) is 63.7 Å². The van der Waals surface area contributed by atoms with Crippen LogP contribution in [0.4, 0.5) is 5.69 Å². The van der Waals surface area contributed by atoms with Gasteiger partial charge in [0, 0.05) is 4.47 Å². The molecule has 0 spiro atoms. The molecular weight excluding hydrogens is 502 g/mol. The van der Waals surface area contributed by atoms with Crippen molar-refractivity contribution in [2.75, 3.05) is 10.9 Å². The number of anilines is 1. The van der Waals surface area contributed by atoms with E-state index >= 15 is 0 Å². The molecule has 0 heterocycles. The Morgan fingerprint density at radius 1 is 0.939 bits per heavy atom. The third kappa shape index (κ3) is 5.65. The molecule has 7 heteroatoms. The zero-order valence-electron chi connectivity index (χ0n) is 19.4. The predicted octanol–water partition coefficient (Wildman–Crippen LogP) is 6.30. The molecule has 5 nitrogen and oxygen atoms in total. The summed E-state index contributed by atoms with van der Waals surface area (Å²) in [5.41, 5.74) is 4.05. The van der Waals surface area contributed by atoms with Crippen molar-refractivity contribution in [1.82, 2.24) is 0 Å².